The summed E-state index contributed by atoms with van der Waals surface area (Å²) in [5.41, 5.74) is -0.578. The van der Waals surface area contributed by atoms with Gasteiger partial charge in [-0.1, -0.05) is 12.1 Å². The van der Waals surface area contributed by atoms with E-state index in [1.807, 2.05) is 0 Å². The van der Waals surface area contributed by atoms with Gasteiger partial charge in [0.05, 0.1) is 12.7 Å². The molecule has 1 heterocycles. The molecule has 1 N–H and O–H groups in total. The lowest BCUT2D eigenvalue weighted by atomic mass is 9.92. The predicted molar refractivity (Wildman–Crippen MR) is 60.4 cm³/mol. The third-order valence-electron chi connectivity index (χ3n) is 3.98. The average Bonchev–Trinajstić information content (AvgIpc) is 3.12. The number of benzene rings is 1. The molecule has 3 rings (SSSR count). The van der Waals surface area contributed by atoms with Crippen LogP contribution in [0.5, 0.6) is 0 Å². The Labute approximate surface area is 107 Å². The Hall–Kier alpha value is -1.56. The van der Waals surface area contributed by atoms with Crippen molar-refractivity contribution >= 4 is 5.97 Å². The van der Waals surface area contributed by atoms with Crippen LogP contribution in [-0.4, -0.2) is 18.6 Å². The summed E-state index contributed by atoms with van der Waals surface area (Å²) in [7, 11) is 1.29. The number of hydrogen-bond donors (Lipinski definition) is 1. The SMILES string of the molecule is COC(=O)C12CC1c1cccc(C(F)(F)F)c1CN2. The number of methoxy groups -OCH3 is 1. The first-order valence-corrected chi connectivity index (χ1v) is 5.92. The van der Waals surface area contributed by atoms with Gasteiger partial charge in [-0.15, -0.1) is 0 Å². The van der Waals surface area contributed by atoms with Crippen LogP contribution < -0.4 is 5.32 Å². The molecule has 3 nitrogen and oxygen atoms in total. The van der Waals surface area contributed by atoms with Gasteiger partial charge < -0.3 is 4.74 Å². The van der Waals surface area contributed by atoms with Crippen LogP contribution in [0.2, 0.25) is 0 Å². The number of esters is 1. The Morgan fingerprint density at radius 1 is 1.47 bits per heavy atom. The summed E-state index contributed by atoms with van der Waals surface area (Å²) in [6.07, 6.45) is -3.87. The fraction of sp³-hybridized carbons (Fsp3) is 0.462. The number of nitrogens with one attached hydrogen (secondary N) is 1. The summed E-state index contributed by atoms with van der Waals surface area (Å²) < 4.78 is 43.5. The number of rotatable bonds is 1. The Balaban J connectivity index is 2.03. The van der Waals surface area contributed by atoms with Gasteiger partial charge in [0, 0.05) is 12.5 Å². The van der Waals surface area contributed by atoms with E-state index in [9.17, 15) is 18.0 Å². The molecule has 1 aromatic carbocycles. The van der Waals surface area contributed by atoms with Gasteiger partial charge in [-0.2, -0.15) is 13.2 Å². The molecule has 0 radical (unpaired) electrons. The van der Waals surface area contributed by atoms with Crippen LogP contribution in [0.3, 0.4) is 0 Å². The molecule has 6 heteroatoms. The van der Waals surface area contributed by atoms with Crippen LogP contribution >= 0.6 is 0 Å². The van der Waals surface area contributed by atoms with Gasteiger partial charge in [0.15, 0.2) is 0 Å². The Kier molecular flexibility index (Phi) is 2.44. The predicted octanol–water partition coefficient (Wildman–Crippen LogP) is 2.21. The largest absolute Gasteiger partial charge is 0.468 e. The minimum Gasteiger partial charge on any atom is -0.468 e. The van der Waals surface area contributed by atoms with E-state index in [1.165, 1.54) is 13.2 Å². The number of fused-ring (bicyclic) bond motifs is 3. The van der Waals surface area contributed by atoms with E-state index in [0.717, 1.165) is 6.07 Å². The molecule has 102 valence electrons. The van der Waals surface area contributed by atoms with E-state index in [4.69, 9.17) is 4.74 Å². The van der Waals surface area contributed by atoms with Gasteiger partial charge in [0.25, 0.3) is 0 Å². The van der Waals surface area contributed by atoms with Crippen LogP contribution in [-0.2, 0) is 22.3 Å². The van der Waals surface area contributed by atoms with Gasteiger partial charge >= 0.3 is 12.1 Å². The molecule has 1 aliphatic carbocycles. The van der Waals surface area contributed by atoms with Crippen LogP contribution in [0.25, 0.3) is 0 Å². The molecule has 1 fully saturated rings. The normalized spacial score (nSPS) is 28.3. The standard InChI is InChI=1S/C13H12F3NO2/c1-19-11(18)12-5-10(12)7-3-2-4-9(13(14,15)16)8(7)6-17-12/h2-4,10,17H,5-6H2,1H3. The molecule has 2 atom stereocenters. The number of hydrogen-bond acceptors (Lipinski definition) is 3. The maximum atomic E-state index is 12.9. The third kappa shape index (κ3) is 1.66. The third-order valence-corrected chi connectivity index (χ3v) is 3.98. The van der Waals surface area contributed by atoms with E-state index < -0.39 is 23.2 Å². The zero-order chi connectivity index (χ0) is 13.8. The minimum absolute atomic E-state index is 0.0383. The monoisotopic (exact) mass is 271 g/mol. The average molecular weight is 271 g/mol. The lowest BCUT2D eigenvalue weighted by Gasteiger charge is -2.26. The summed E-state index contributed by atoms with van der Waals surface area (Å²) in [6, 6.07) is 4.14. The van der Waals surface area contributed by atoms with Crippen LogP contribution in [0.15, 0.2) is 18.2 Å². The number of ether oxygens (including phenoxy) is 1. The molecule has 0 spiro atoms. The summed E-state index contributed by atoms with van der Waals surface area (Å²) in [5.74, 6) is -0.619. The lowest BCUT2D eigenvalue weighted by molar-refractivity contribution is -0.144. The molecular weight excluding hydrogens is 259 g/mol. The van der Waals surface area contributed by atoms with Gasteiger partial charge in [-0.3, -0.25) is 10.1 Å². The molecule has 2 unspecified atom stereocenters. The smallest absolute Gasteiger partial charge is 0.416 e. The van der Waals surface area contributed by atoms with Crippen molar-refractivity contribution in [3.8, 4) is 0 Å². The molecule has 2 aliphatic rings. The first-order chi connectivity index (χ1) is 8.90. The summed E-state index contributed by atoms with van der Waals surface area (Å²) in [6.45, 7) is 0.0383. The molecule has 1 aromatic rings. The second kappa shape index (κ2) is 3.72. The molecule has 19 heavy (non-hydrogen) atoms. The minimum atomic E-state index is -4.37. The number of halogens is 3. The van der Waals surface area contributed by atoms with Gasteiger partial charge in [-0.05, 0) is 23.6 Å². The van der Waals surface area contributed by atoms with Crippen LogP contribution in [0.4, 0.5) is 13.2 Å². The quantitative estimate of drug-likeness (QED) is 0.796. The number of alkyl halides is 3. The van der Waals surface area contributed by atoms with Crippen molar-refractivity contribution in [2.75, 3.05) is 7.11 Å². The highest BCUT2D eigenvalue weighted by Gasteiger charge is 2.64. The first kappa shape index (κ1) is 12.5. The molecule has 0 bridgehead atoms. The van der Waals surface area contributed by atoms with Crippen molar-refractivity contribution in [3.05, 3.63) is 34.9 Å². The highest BCUT2D eigenvalue weighted by molar-refractivity contribution is 5.87. The topological polar surface area (TPSA) is 38.3 Å². The lowest BCUT2D eigenvalue weighted by Crippen LogP contribution is -2.44. The van der Waals surface area contributed by atoms with Gasteiger partial charge in [-0.25, -0.2) is 0 Å². The Morgan fingerprint density at radius 3 is 2.84 bits per heavy atom. The van der Waals surface area contributed by atoms with Crippen molar-refractivity contribution in [1.29, 1.82) is 0 Å². The molecule has 0 saturated heterocycles. The second-order valence-corrected chi connectivity index (χ2v) is 4.94. The molecule has 1 aliphatic heterocycles. The van der Waals surface area contributed by atoms with E-state index in [-0.39, 0.29) is 18.0 Å². The highest BCUT2D eigenvalue weighted by Crippen LogP contribution is 2.56. The van der Waals surface area contributed by atoms with Crippen molar-refractivity contribution < 1.29 is 22.7 Å². The van der Waals surface area contributed by atoms with Crippen molar-refractivity contribution in [2.24, 2.45) is 0 Å². The number of carbonyl (C=O) groups excluding carboxylic acids is 1. The summed E-state index contributed by atoms with van der Waals surface area (Å²) in [5, 5.41) is 2.91. The number of carbonyl (C=O) groups is 1. The fourth-order valence-electron chi connectivity index (χ4n) is 2.95. The molecular formula is C13H12F3NO2. The second-order valence-electron chi connectivity index (χ2n) is 4.94. The van der Waals surface area contributed by atoms with Crippen LogP contribution in [0, 0.1) is 0 Å². The zero-order valence-electron chi connectivity index (χ0n) is 10.2. The van der Waals surface area contributed by atoms with E-state index in [2.05, 4.69) is 5.32 Å². The van der Waals surface area contributed by atoms with Gasteiger partial charge in [0.2, 0.25) is 0 Å². The van der Waals surface area contributed by atoms with Crippen molar-refractivity contribution in [1.82, 2.24) is 5.32 Å². The Bertz CT molecular complexity index is 555. The van der Waals surface area contributed by atoms with E-state index >= 15 is 0 Å². The summed E-state index contributed by atoms with van der Waals surface area (Å²) in [4.78, 5) is 11.7. The highest BCUT2D eigenvalue weighted by atomic mass is 19.4. The maximum Gasteiger partial charge on any atom is 0.416 e. The van der Waals surface area contributed by atoms with Crippen LogP contribution in [0.1, 0.15) is 29.0 Å². The molecule has 0 aromatic heterocycles. The van der Waals surface area contributed by atoms with Crippen molar-refractivity contribution in [3.63, 3.8) is 0 Å². The molecule has 1 saturated carbocycles. The maximum absolute atomic E-state index is 12.9. The van der Waals surface area contributed by atoms with Gasteiger partial charge in [0.1, 0.15) is 5.54 Å². The van der Waals surface area contributed by atoms with Crippen molar-refractivity contribution in [2.45, 2.75) is 30.6 Å². The summed E-state index contributed by atoms with van der Waals surface area (Å²) >= 11 is 0. The first-order valence-electron chi connectivity index (χ1n) is 5.92. The zero-order valence-corrected chi connectivity index (χ0v) is 10.2. The Morgan fingerprint density at radius 2 is 2.21 bits per heavy atom. The van der Waals surface area contributed by atoms with E-state index in [0.29, 0.717) is 12.0 Å². The molecule has 0 amide bonds. The van der Waals surface area contributed by atoms with E-state index in [1.54, 1.807) is 6.07 Å². The fourth-order valence-corrected chi connectivity index (χ4v) is 2.95.